The van der Waals surface area contributed by atoms with Gasteiger partial charge < -0.3 is 9.47 Å². The predicted molar refractivity (Wildman–Crippen MR) is 76.2 cm³/mol. The van der Waals surface area contributed by atoms with Crippen LogP contribution in [-0.4, -0.2) is 29.2 Å². The topological polar surface area (TPSA) is 53.3 Å². The van der Waals surface area contributed by atoms with E-state index >= 15 is 0 Å². The van der Waals surface area contributed by atoms with Gasteiger partial charge in [0.15, 0.2) is 0 Å². The van der Waals surface area contributed by atoms with E-state index in [1.54, 1.807) is 19.1 Å². The molecule has 0 amide bonds. The number of ether oxygens (including phenoxy) is 2. The molecular formula is C15H15F3N2O3. The molecule has 0 N–H and O–H groups in total. The first-order valence-corrected chi connectivity index (χ1v) is 6.75. The zero-order valence-corrected chi connectivity index (χ0v) is 12.8. The zero-order valence-electron chi connectivity index (χ0n) is 12.8. The quantitative estimate of drug-likeness (QED) is 0.808. The lowest BCUT2D eigenvalue weighted by Gasteiger charge is -2.07. The summed E-state index contributed by atoms with van der Waals surface area (Å²) in [6.45, 7) is 1.87. The number of alkyl halides is 3. The fourth-order valence-electron chi connectivity index (χ4n) is 2.17. The fourth-order valence-corrected chi connectivity index (χ4v) is 2.17. The van der Waals surface area contributed by atoms with Crippen molar-refractivity contribution in [1.82, 2.24) is 9.55 Å². The van der Waals surface area contributed by atoms with E-state index in [2.05, 4.69) is 4.98 Å². The third-order valence-electron chi connectivity index (χ3n) is 3.14. The minimum absolute atomic E-state index is 0.00785. The first kappa shape index (κ1) is 16.9. The Morgan fingerprint density at radius 2 is 2.04 bits per heavy atom. The number of hydrogen-bond acceptors (Lipinski definition) is 4. The molecule has 0 unspecified atom stereocenters. The maximum absolute atomic E-state index is 13.0. The van der Waals surface area contributed by atoms with Crippen molar-refractivity contribution < 1.29 is 27.4 Å². The van der Waals surface area contributed by atoms with Crippen LogP contribution in [0.2, 0.25) is 0 Å². The Hall–Kier alpha value is -2.51. The molecule has 0 aliphatic carbocycles. The van der Waals surface area contributed by atoms with Gasteiger partial charge in [0.25, 0.3) is 0 Å². The van der Waals surface area contributed by atoms with Gasteiger partial charge in [-0.1, -0.05) is 12.1 Å². The van der Waals surface area contributed by atoms with Crippen LogP contribution in [0.3, 0.4) is 0 Å². The molecule has 1 aromatic carbocycles. The van der Waals surface area contributed by atoms with E-state index in [4.69, 9.17) is 9.47 Å². The monoisotopic (exact) mass is 328 g/mol. The van der Waals surface area contributed by atoms with Crippen LogP contribution in [0.5, 0.6) is 5.88 Å². The molecule has 23 heavy (non-hydrogen) atoms. The molecule has 0 saturated carbocycles. The third-order valence-corrected chi connectivity index (χ3v) is 3.14. The highest BCUT2D eigenvalue weighted by molar-refractivity contribution is 5.91. The third kappa shape index (κ3) is 3.30. The Balaban J connectivity index is 2.54. The number of methoxy groups -OCH3 is 1. The van der Waals surface area contributed by atoms with E-state index in [9.17, 15) is 18.0 Å². The zero-order chi connectivity index (χ0) is 17.2. The molecule has 0 radical (unpaired) electrons. The van der Waals surface area contributed by atoms with E-state index in [0.717, 1.165) is 4.57 Å². The molecule has 0 atom stereocenters. The molecule has 1 heterocycles. The summed E-state index contributed by atoms with van der Waals surface area (Å²) in [5, 5.41) is 0. The first-order chi connectivity index (χ1) is 10.8. The van der Waals surface area contributed by atoms with E-state index < -0.39 is 18.0 Å². The van der Waals surface area contributed by atoms with Crippen molar-refractivity contribution in [3.63, 3.8) is 0 Å². The molecule has 124 valence electrons. The average Bonchev–Trinajstić information content (AvgIpc) is 2.84. The Kier molecular flexibility index (Phi) is 4.63. The van der Waals surface area contributed by atoms with Crippen LogP contribution in [0.1, 0.15) is 23.1 Å². The number of benzene rings is 1. The standard InChI is InChI=1S/C15H15F3N2O3/c1-4-23-13(21)10-7-5-6-9(8-10)11-12(22-3)20(2)14(19-11)15(16,17)18/h5-8H,4H2,1-3H3. The maximum atomic E-state index is 13.0. The normalized spacial score (nSPS) is 11.4. The van der Waals surface area contributed by atoms with E-state index in [-0.39, 0.29) is 23.7 Å². The molecule has 0 aliphatic rings. The minimum Gasteiger partial charge on any atom is -0.481 e. The van der Waals surface area contributed by atoms with Gasteiger partial charge in [-0.05, 0) is 19.1 Å². The van der Waals surface area contributed by atoms with Crippen LogP contribution < -0.4 is 4.74 Å². The van der Waals surface area contributed by atoms with Crippen molar-refractivity contribution in [3.05, 3.63) is 35.7 Å². The summed E-state index contributed by atoms with van der Waals surface area (Å²) in [6, 6.07) is 6.03. The second-order valence-electron chi connectivity index (χ2n) is 4.65. The molecule has 0 fully saturated rings. The summed E-state index contributed by atoms with van der Waals surface area (Å²) >= 11 is 0. The lowest BCUT2D eigenvalue weighted by atomic mass is 10.1. The largest absolute Gasteiger partial charge is 0.481 e. The van der Waals surface area contributed by atoms with Gasteiger partial charge in [-0.2, -0.15) is 13.2 Å². The van der Waals surface area contributed by atoms with Crippen LogP contribution >= 0.6 is 0 Å². The summed E-state index contributed by atoms with van der Waals surface area (Å²) in [6.07, 6.45) is -4.61. The number of nitrogens with zero attached hydrogens (tertiary/aromatic N) is 2. The van der Waals surface area contributed by atoms with Crippen molar-refractivity contribution in [2.45, 2.75) is 13.1 Å². The minimum atomic E-state index is -4.61. The molecule has 1 aromatic heterocycles. The highest BCUT2D eigenvalue weighted by Crippen LogP contribution is 2.37. The molecular weight excluding hydrogens is 313 g/mol. The fraction of sp³-hybridized carbons (Fsp3) is 0.333. The van der Waals surface area contributed by atoms with Gasteiger partial charge in [-0.15, -0.1) is 0 Å². The molecule has 0 saturated heterocycles. The number of imidazole rings is 1. The van der Waals surface area contributed by atoms with E-state index in [0.29, 0.717) is 5.56 Å². The molecule has 0 aliphatic heterocycles. The van der Waals surface area contributed by atoms with Gasteiger partial charge in [0, 0.05) is 12.6 Å². The lowest BCUT2D eigenvalue weighted by Crippen LogP contribution is -2.12. The maximum Gasteiger partial charge on any atom is 0.449 e. The first-order valence-electron chi connectivity index (χ1n) is 6.75. The van der Waals surface area contributed by atoms with Gasteiger partial charge >= 0.3 is 12.1 Å². The Labute approximate surface area is 130 Å². The van der Waals surface area contributed by atoms with Gasteiger partial charge in [0.2, 0.25) is 11.7 Å². The van der Waals surface area contributed by atoms with Crippen molar-refractivity contribution in [2.24, 2.45) is 7.05 Å². The number of aromatic nitrogens is 2. The van der Waals surface area contributed by atoms with Gasteiger partial charge in [-0.25, -0.2) is 9.78 Å². The lowest BCUT2D eigenvalue weighted by molar-refractivity contribution is -0.146. The highest BCUT2D eigenvalue weighted by atomic mass is 19.4. The Morgan fingerprint density at radius 3 is 2.61 bits per heavy atom. The summed E-state index contributed by atoms with van der Waals surface area (Å²) < 4.78 is 49.7. The van der Waals surface area contributed by atoms with Crippen LogP contribution in [-0.2, 0) is 18.0 Å². The number of halogens is 3. The van der Waals surface area contributed by atoms with Gasteiger partial charge in [0.1, 0.15) is 5.69 Å². The van der Waals surface area contributed by atoms with Crippen molar-refractivity contribution in [3.8, 4) is 17.1 Å². The molecule has 8 heteroatoms. The molecule has 0 spiro atoms. The molecule has 5 nitrogen and oxygen atoms in total. The number of rotatable bonds is 4. The SMILES string of the molecule is CCOC(=O)c1cccc(-c2nc(C(F)(F)F)n(C)c2OC)c1. The Bertz CT molecular complexity index is 723. The summed E-state index contributed by atoms with van der Waals surface area (Å²) in [5.41, 5.74) is 0.567. The van der Waals surface area contributed by atoms with Crippen LogP contribution in [0.4, 0.5) is 13.2 Å². The van der Waals surface area contributed by atoms with Crippen molar-refractivity contribution >= 4 is 5.97 Å². The van der Waals surface area contributed by atoms with Crippen LogP contribution in [0.25, 0.3) is 11.3 Å². The average molecular weight is 328 g/mol. The number of esters is 1. The number of carbonyl (C=O) groups excluding carboxylic acids is 1. The van der Waals surface area contributed by atoms with Crippen molar-refractivity contribution in [1.29, 1.82) is 0 Å². The van der Waals surface area contributed by atoms with E-state index in [1.165, 1.54) is 26.3 Å². The summed E-state index contributed by atoms with van der Waals surface area (Å²) in [4.78, 5) is 15.4. The van der Waals surface area contributed by atoms with E-state index in [1.807, 2.05) is 0 Å². The summed E-state index contributed by atoms with van der Waals surface area (Å²) in [7, 11) is 2.48. The predicted octanol–water partition coefficient (Wildman–Crippen LogP) is 3.29. The van der Waals surface area contributed by atoms with Gasteiger partial charge in [0.05, 0.1) is 19.3 Å². The smallest absolute Gasteiger partial charge is 0.449 e. The Morgan fingerprint density at radius 1 is 1.35 bits per heavy atom. The highest BCUT2D eigenvalue weighted by Gasteiger charge is 2.38. The molecule has 2 aromatic rings. The van der Waals surface area contributed by atoms with Crippen LogP contribution in [0, 0.1) is 0 Å². The summed E-state index contributed by atoms with van der Waals surface area (Å²) in [5.74, 6) is -1.68. The molecule has 2 rings (SSSR count). The van der Waals surface area contributed by atoms with Crippen LogP contribution in [0.15, 0.2) is 24.3 Å². The second kappa shape index (κ2) is 6.31. The number of hydrogen-bond donors (Lipinski definition) is 0. The number of carbonyl (C=O) groups is 1. The van der Waals surface area contributed by atoms with Gasteiger partial charge in [-0.3, -0.25) is 4.57 Å². The molecule has 0 bridgehead atoms. The van der Waals surface area contributed by atoms with Crippen molar-refractivity contribution in [2.75, 3.05) is 13.7 Å². The second-order valence-corrected chi connectivity index (χ2v) is 4.65.